The summed E-state index contributed by atoms with van der Waals surface area (Å²) in [6, 6.07) is 0. The number of nitrogens with one attached hydrogen (secondary N) is 1. The van der Waals surface area contributed by atoms with Gasteiger partial charge in [0.25, 0.3) is 0 Å². The maximum Gasteiger partial charge on any atom is 0.236 e. The number of hydrogen-bond donors (Lipinski definition) is 1. The van der Waals surface area contributed by atoms with E-state index in [2.05, 4.69) is 17.3 Å². The number of aromatic nitrogens is 2. The molecule has 0 saturated carbocycles. The first-order valence-corrected chi connectivity index (χ1v) is 6.62. The van der Waals surface area contributed by atoms with Gasteiger partial charge in [-0.3, -0.25) is 9.48 Å². The number of carbonyl (C=O) groups excluding carboxylic acids is 1. The van der Waals surface area contributed by atoms with Crippen LogP contribution in [0.5, 0.6) is 0 Å². The average molecular weight is 252 g/mol. The Morgan fingerprint density at radius 1 is 1.39 bits per heavy atom. The molecule has 5 nitrogen and oxygen atoms in total. The number of likely N-dealkylation sites (N-methyl/N-ethyl adjacent to an activating group) is 1. The lowest BCUT2D eigenvalue weighted by Crippen LogP contribution is -2.37. The van der Waals surface area contributed by atoms with Crippen LogP contribution in [0.3, 0.4) is 0 Å². The molecule has 1 heterocycles. The number of rotatable bonds is 7. The van der Waals surface area contributed by atoms with Crippen molar-refractivity contribution in [1.29, 1.82) is 0 Å². The minimum absolute atomic E-state index is 0.155. The first-order chi connectivity index (χ1) is 8.62. The Bertz CT molecular complexity index is 382. The van der Waals surface area contributed by atoms with Crippen molar-refractivity contribution >= 4 is 5.91 Å². The first-order valence-electron chi connectivity index (χ1n) is 6.62. The number of amides is 1. The molecule has 18 heavy (non-hydrogen) atoms. The highest BCUT2D eigenvalue weighted by Crippen LogP contribution is 2.06. The van der Waals surface area contributed by atoms with Crippen molar-refractivity contribution in [3.05, 3.63) is 17.5 Å². The highest BCUT2D eigenvalue weighted by atomic mass is 16.2. The van der Waals surface area contributed by atoms with Crippen LogP contribution in [0.1, 0.15) is 32.0 Å². The van der Waals surface area contributed by atoms with Gasteiger partial charge in [0.05, 0.1) is 12.2 Å². The van der Waals surface area contributed by atoms with Crippen molar-refractivity contribution in [2.45, 2.75) is 33.7 Å². The quantitative estimate of drug-likeness (QED) is 0.786. The van der Waals surface area contributed by atoms with Crippen LogP contribution in [0.2, 0.25) is 0 Å². The fourth-order valence-electron chi connectivity index (χ4n) is 2.02. The van der Waals surface area contributed by atoms with E-state index >= 15 is 0 Å². The maximum atomic E-state index is 11.8. The highest BCUT2D eigenvalue weighted by Gasteiger charge is 2.10. The van der Waals surface area contributed by atoms with E-state index in [4.69, 9.17) is 0 Å². The molecule has 0 bridgehead atoms. The normalized spacial score (nSPS) is 10.7. The zero-order valence-electron chi connectivity index (χ0n) is 11.9. The lowest BCUT2D eigenvalue weighted by atomic mass is 10.2. The Hall–Kier alpha value is -1.36. The SMILES string of the molecule is CCc1nn(C)cc1CNCC(=O)N(CC)CC. The lowest BCUT2D eigenvalue weighted by molar-refractivity contribution is -0.129. The van der Waals surface area contributed by atoms with Crippen LogP contribution in [-0.2, 0) is 24.8 Å². The summed E-state index contributed by atoms with van der Waals surface area (Å²) < 4.78 is 1.82. The molecule has 1 rings (SSSR count). The van der Waals surface area contributed by atoms with Gasteiger partial charge in [-0.05, 0) is 20.3 Å². The van der Waals surface area contributed by atoms with Gasteiger partial charge in [0, 0.05) is 38.4 Å². The van der Waals surface area contributed by atoms with E-state index in [1.165, 1.54) is 5.56 Å². The zero-order valence-corrected chi connectivity index (χ0v) is 11.9. The highest BCUT2D eigenvalue weighted by molar-refractivity contribution is 5.78. The standard InChI is InChI=1S/C13H24N4O/c1-5-12-11(10-16(4)15-12)8-14-9-13(18)17(6-2)7-3/h10,14H,5-9H2,1-4H3. The molecule has 102 valence electrons. The van der Waals surface area contributed by atoms with Gasteiger partial charge in [0.1, 0.15) is 0 Å². The van der Waals surface area contributed by atoms with Gasteiger partial charge in [-0.25, -0.2) is 0 Å². The van der Waals surface area contributed by atoms with Crippen LogP contribution in [0.4, 0.5) is 0 Å². The van der Waals surface area contributed by atoms with E-state index in [1.54, 1.807) is 0 Å². The van der Waals surface area contributed by atoms with Gasteiger partial charge in [-0.1, -0.05) is 6.92 Å². The molecule has 0 aliphatic rings. The molecule has 0 atom stereocenters. The molecule has 0 radical (unpaired) electrons. The lowest BCUT2D eigenvalue weighted by Gasteiger charge is -2.18. The van der Waals surface area contributed by atoms with Crippen molar-refractivity contribution in [2.75, 3.05) is 19.6 Å². The second-order valence-corrected chi connectivity index (χ2v) is 4.30. The summed E-state index contributed by atoms with van der Waals surface area (Å²) in [5.74, 6) is 0.155. The van der Waals surface area contributed by atoms with Crippen LogP contribution in [0.25, 0.3) is 0 Å². The topological polar surface area (TPSA) is 50.2 Å². The Morgan fingerprint density at radius 2 is 2.06 bits per heavy atom. The molecule has 1 N–H and O–H groups in total. The van der Waals surface area contributed by atoms with Crippen molar-refractivity contribution in [3.63, 3.8) is 0 Å². The molecule has 1 amide bonds. The summed E-state index contributed by atoms with van der Waals surface area (Å²) in [5.41, 5.74) is 2.27. The fraction of sp³-hybridized carbons (Fsp3) is 0.692. The Balaban J connectivity index is 2.43. The molecular weight excluding hydrogens is 228 g/mol. The van der Waals surface area contributed by atoms with Crippen molar-refractivity contribution in [3.8, 4) is 0 Å². The van der Waals surface area contributed by atoms with E-state index in [1.807, 2.05) is 36.7 Å². The van der Waals surface area contributed by atoms with Crippen LogP contribution < -0.4 is 5.32 Å². The fourth-order valence-corrected chi connectivity index (χ4v) is 2.02. The molecule has 0 aromatic carbocycles. The molecule has 5 heteroatoms. The summed E-state index contributed by atoms with van der Waals surface area (Å²) in [5, 5.41) is 7.57. The van der Waals surface area contributed by atoms with Crippen LogP contribution in [0, 0.1) is 0 Å². The summed E-state index contributed by atoms with van der Waals surface area (Å²) >= 11 is 0. The Morgan fingerprint density at radius 3 is 2.61 bits per heavy atom. The summed E-state index contributed by atoms with van der Waals surface area (Å²) in [7, 11) is 1.92. The molecular formula is C13H24N4O. The number of aryl methyl sites for hydroxylation is 2. The van der Waals surface area contributed by atoms with Gasteiger partial charge >= 0.3 is 0 Å². The van der Waals surface area contributed by atoms with Gasteiger partial charge in [0.2, 0.25) is 5.91 Å². The molecule has 0 saturated heterocycles. The third kappa shape index (κ3) is 3.84. The summed E-state index contributed by atoms with van der Waals surface area (Å²) in [6.07, 6.45) is 2.93. The number of nitrogens with zero attached hydrogens (tertiary/aromatic N) is 3. The number of hydrogen-bond acceptors (Lipinski definition) is 3. The molecule has 1 aromatic rings. The third-order valence-corrected chi connectivity index (χ3v) is 3.03. The van der Waals surface area contributed by atoms with Crippen LogP contribution in [0.15, 0.2) is 6.20 Å². The zero-order chi connectivity index (χ0) is 13.5. The summed E-state index contributed by atoms with van der Waals surface area (Å²) in [4.78, 5) is 13.6. The predicted octanol–water partition coefficient (Wildman–Crippen LogP) is 0.940. The molecule has 0 aliphatic heterocycles. The minimum atomic E-state index is 0.155. The smallest absolute Gasteiger partial charge is 0.236 e. The molecule has 1 aromatic heterocycles. The minimum Gasteiger partial charge on any atom is -0.342 e. The number of carbonyl (C=O) groups is 1. The maximum absolute atomic E-state index is 11.8. The Kier molecular flexibility index (Phi) is 5.85. The van der Waals surface area contributed by atoms with Crippen LogP contribution >= 0.6 is 0 Å². The van der Waals surface area contributed by atoms with Crippen molar-refractivity contribution in [1.82, 2.24) is 20.0 Å². The van der Waals surface area contributed by atoms with Gasteiger partial charge in [0.15, 0.2) is 0 Å². The van der Waals surface area contributed by atoms with Crippen molar-refractivity contribution in [2.24, 2.45) is 7.05 Å². The predicted molar refractivity (Wildman–Crippen MR) is 72.2 cm³/mol. The Labute approximate surface area is 109 Å². The van der Waals surface area contributed by atoms with Gasteiger partial charge in [-0.15, -0.1) is 0 Å². The summed E-state index contributed by atoms with van der Waals surface area (Å²) in [6.45, 7) is 8.71. The van der Waals surface area contributed by atoms with Crippen LogP contribution in [-0.4, -0.2) is 40.2 Å². The van der Waals surface area contributed by atoms with E-state index in [0.717, 1.165) is 25.2 Å². The second kappa shape index (κ2) is 7.16. The van der Waals surface area contributed by atoms with E-state index in [-0.39, 0.29) is 5.91 Å². The largest absolute Gasteiger partial charge is 0.342 e. The molecule has 0 fully saturated rings. The second-order valence-electron chi connectivity index (χ2n) is 4.30. The first kappa shape index (κ1) is 14.7. The van der Waals surface area contributed by atoms with E-state index in [9.17, 15) is 4.79 Å². The molecule has 0 aliphatic carbocycles. The van der Waals surface area contributed by atoms with Gasteiger partial charge < -0.3 is 10.2 Å². The van der Waals surface area contributed by atoms with Gasteiger partial charge in [-0.2, -0.15) is 5.10 Å². The van der Waals surface area contributed by atoms with Crippen molar-refractivity contribution < 1.29 is 4.79 Å². The third-order valence-electron chi connectivity index (χ3n) is 3.03. The molecule has 0 spiro atoms. The monoisotopic (exact) mass is 252 g/mol. The average Bonchev–Trinajstić information content (AvgIpc) is 2.71. The molecule has 0 unspecified atom stereocenters. The van der Waals surface area contributed by atoms with E-state index < -0.39 is 0 Å². The van der Waals surface area contributed by atoms with E-state index in [0.29, 0.717) is 13.1 Å².